The van der Waals surface area contributed by atoms with Crippen LogP contribution in [0.3, 0.4) is 0 Å². The van der Waals surface area contributed by atoms with E-state index in [1.54, 1.807) is 6.08 Å². The van der Waals surface area contributed by atoms with Crippen LogP contribution in [0.4, 0.5) is 0 Å². The van der Waals surface area contributed by atoms with Crippen LogP contribution in [0.25, 0.3) is 0 Å². The first-order valence-corrected chi connectivity index (χ1v) is 6.09. The van der Waals surface area contributed by atoms with E-state index in [4.69, 9.17) is 4.74 Å². The predicted molar refractivity (Wildman–Crippen MR) is 77.2 cm³/mol. The maximum absolute atomic E-state index is 5.61. The number of benzene rings is 2. The number of ether oxygens (including phenoxy) is 1. The smallest absolute Gasteiger partial charge is 0.0721 e. The number of rotatable bonds is 4. The molecule has 0 radical (unpaired) electrons. The normalized spacial score (nSPS) is 9.17. The first-order chi connectivity index (χ1) is 8.86. The summed E-state index contributed by atoms with van der Waals surface area (Å²) in [7, 11) is 0. The third-order valence-electron chi connectivity index (χ3n) is 2.22. The lowest BCUT2D eigenvalue weighted by Gasteiger charge is -2.03. The van der Waals surface area contributed by atoms with Crippen molar-refractivity contribution in [1.29, 1.82) is 0 Å². The molecule has 0 aliphatic carbocycles. The molecule has 0 spiro atoms. The van der Waals surface area contributed by atoms with E-state index in [0.29, 0.717) is 13.2 Å². The van der Waals surface area contributed by atoms with Crippen LogP contribution in [0.15, 0.2) is 73.3 Å². The average Bonchev–Trinajstić information content (AvgIpc) is 2.42. The van der Waals surface area contributed by atoms with Crippen molar-refractivity contribution in [2.45, 2.75) is 20.1 Å². The molecule has 0 heterocycles. The molecule has 0 N–H and O–H groups in total. The number of hydrogen-bond donors (Lipinski definition) is 0. The van der Waals surface area contributed by atoms with E-state index in [-0.39, 0.29) is 0 Å². The van der Waals surface area contributed by atoms with Crippen molar-refractivity contribution in [3.63, 3.8) is 0 Å². The largest absolute Gasteiger partial charge is 0.372 e. The number of hydrogen-bond acceptors (Lipinski definition) is 1. The van der Waals surface area contributed by atoms with E-state index >= 15 is 0 Å². The summed E-state index contributed by atoms with van der Waals surface area (Å²) in [4.78, 5) is 0. The van der Waals surface area contributed by atoms with Crippen molar-refractivity contribution >= 4 is 0 Å². The summed E-state index contributed by atoms with van der Waals surface area (Å²) >= 11 is 0. The zero-order valence-electron chi connectivity index (χ0n) is 10.9. The molecule has 0 aliphatic rings. The van der Waals surface area contributed by atoms with Crippen LogP contribution < -0.4 is 0 Å². The van der Waals surface area contributed by atoms with Gasteiger partial charge in [0.05, 0.1) is 13.2 Å². The molecule has 2 rings (SSSR count). The van der Waals surface area contributed by atoms with Gasteiger partial charge in [-0.25, -0.2) is 0 Å². The first-order valence-electron chi connectivity index (χ1n) is 6.09. The van der Waals surface area contributed by atoms with E-state index < -0.39 is 0 Å². The monoisotopic (exact) mass is 240 g/mol. The van der Waals surface area contributed by atoms with Gasteiger partial charge in [0.25, 0.3) is 0 Å². The van der Waals surface area contributed by atoms with Crippen molar-refractivity contribution in [3.05, 3.63) is 84.4 Å². The van der Waals surface area contributed by atoms with Gasteiger partial charge in [-0.3, -0.25) is 0 Å². The minimum atomic E-state index is 0.676. The average molecular weight is 240 g/mol. The molecule has 2 aromatic carbocycles. The summed E-state index contributed by atoms with van der Waals surface area (Å²) < 4.78 is 5.61. The molecule has 2 aromatic rings. The fourth-order valence-electron chi connectivity index (χ4n) is 1.44. The second kappa shape index (κ2) is 9.20. The van der Waals surface area contributed by atoms with Gasteiger partial charge in [0.2, 0.25) is 0 Å². The van der Waals surface area contributed by atoms with Gasteiger partial charge in [0, 0.05) is 0 Å². The Labute approximate surface area is 110 Å². The Morgan fingerprint density at radius 2 is 1.17 bits per heavy atom. The van der Waals surface area contributed by atoms with Gasteiger partial charge in [-0.2, -0.15) is 0 Å². The van der Waals surface area contributed by atoms with E-state index in [1.165, 1.54) is 11.1 Å². The van der Waals surface area contributed by atoms with Gasteiger partial charge in [0.1, 0.15) is 0 Å². The fraction of sp³-hybridized carbons (Fsp3) is 0.176. The highest BCUT2D eigenvalue weighted by Crippen LogP contribution is 2.05. The molecule has 0 fully saturated rings. The summed E-state index contributed by atoms with van der Waals surface area (Å²) in [5, 5.41) is 0. The molecule has 0 bridgehead atoms. The van der Waals surface area contributed by atoms with Crippen LogP contribution in [-0.4, -0.2) is 0 Å². The van der Waals surface area contributed by atoms with Gasteiger partial charge in [-0.05, 0) is 18.1 Å². The van der Waals surface area contributed by atoms with Crippen LogP contribution >= 0.6 is 0 Å². The lowest BCUT2D eigenvalue weighted by atomic mass is 10.2. The molecule has 1 nitrogen and oxygen atoms in total. The Morgan fingerprint density at radius 1 is 0.833 bits per heavy atom. The van der Waals surface area contributed by atoms with Gasteiger partial charge in [-0.1, -0.05) is 66.7 Å². The van der Waals surface area contributed by atoms with E-state index in [9.17, 15) is 0 Å². The van der Waals surface area contributed by atoms with Crippen molar-refractivity contribution in [1.82, 2.24) is 0 Å². The molecule has 94 valence electrons. The Kier molecular flexibility index (Phi) is 7.26. The molecular formula is C17H20O. The molecule has 0 saturated carbocycles. The second-order valence-corrected chi connectivity index (χ2v) is 3.87. The van der Waals surface area contributed by atoms with Gasteiger partial charge >= 0.3 is 0 Å². The van der Waals surface area contributed by atoms with E-state index in [2.05, 4.69) is 30.8 Å². The topological polar surface area (TPSA) is 9.23 Å². The Balaban J connectivity index is 0.000000492. The Hall–Kier alpha value is -1.86. The SMILES string of the molecule is C=CC.c1ccc(COCc2ccccc2)cc1. The fourth-order valence-corrected chi connectivity index (χ4v) is 1.44. The molecule has 18 heavy (non-hydrogen) atoms. The highest BCUT2D eigenvalue weighted by atomic mass is 16.5. The van der Waals surface area contributed by atoms with Crippen LogP contribution in [0, 0.1) is 0 Å². The van der Waals surface area contributed by atoms with Crippen molar-refractivity contribution < 1.29 is 4.74 Å². The summed E-state index contributed by atoms with van der Waals surface area (Å²) in [6, 6.07) is 20.4. The Morgan fingerprint density at radius 3 is 1.50 bits per heavy atom. The van der Waals surface area contributed by atoms with Crippen LogP contribution in [0.1, 0.15) is 18.1 Å². The lowest BCUT2D eigenvalue weighted by molar-refractivity contribution is 0.107. The quantitative estimate of drug-likeness (QED) is 0.710. The molecule has 0 atom stereocenters. The minimum Gasteiger partial charge on any atom is -0.372 e. The van der Waals surface area contributed by atoms with Crippen LogP contribution in [0.5, 0.6) is 0 Å². The lowest BCUT2D eigenvalue weighted by Crippen LogP contribution is -1.93. The standard InChI is InChI=1S/C14H14O.C3H6/c1-3-7-13(8-4-1)11-15-12-14-9-5-2-6-10-14;1-3-2/h1-10H,11-12H2;3H,1H2,2H3. The predicted octanol–water partition coefficient (Wildman–Crippen LogP) is 4.60. The Bertz CT molecular complexity index is 380. The molecule has 0 aliphatic heterocycles. The zero-order valence-corrected chi connectivity index (χ0v) is 10.9. The van der Waals surface area contributed by atoms with E-state index in [1.807, 2.05) is 43.3 Å². The highest BCUT2D eigenvalue weighted by Gasteiger charge is 1.93. The molecule has 0 unspecified atom stereocenters. The van der Waals surface area contributed by atoms with E-state index in [0.717, 1.165) is 0 Å². The minimum absolute atomic E-state index is 0.676. The summed E-state index contributed by atoms with van der Waals surface area (Å²) in [5.74, 6) is 0. The van der Waals surface area contributed by atoms with Crippen molar-refractivity contribution in [2.24, 2.45) is 0 Å². The maximum Gasteiger partial charge on any atom is 0.0721 e. The molecular weight excluding hydrogens is 220 g/mol. The van der Waals surface area contributed by atoms with Crippen LogP contribution in [0.2, 0.25) is 0 Å². The molecule has 0 aromatic heterocycles. The maximum atomic E-state index is 5.61. The van der Waals surface area contributed by atoms with Gasteiger partial charge in [-0.15, -0.1) is 6.58 Å². The number of allylic oxidation sites excluding steroid dienone is 1. The molecule has 0 saturated heterocycles. The first kappa shape index (κ1) is 14.2. The second-order valence-electron chi connectivity index (χ2n) is 3.87. The van der Waals surface area contributed by atoms with Crippen LogP contribution in [-0.2, 0) is 18.0 Å². The molecule has 0 amide bonds. The summed E-state index contributed by atoms with van der Waals surface area (Å²) in [6.07, 6.45) is 1.75. The van der Waals surface area contributed by atoms with Gasteiger partial charge in [0.15, 0.2) is 0 Å². The summed E-state index contributed by atoms with van der Waals surface area (Å²) in [6.45, 7) is 6.60. The van der Waals surface area contributed by atoms with Crippen molar-refractivity contribution in [3.8, 4) is 0 Å². The highest BCUT2D eigenvalue weighted by molar-refractivity contribution is 5.15. The summed E-state index contributed by atoms with van der Waals surface area (Å²) in [5.41, 5.74) is 2.43. The third-order valence-corrected chi connectivity index (χ3v) is 2.22. The third kappa shape index (κ3) is 6.02. The zero-order chi connectivity index (χ0) is 13.1. The van der Waals surface area contributed by atoms with Crippen molar-refractivity contribution in [2.75, 3.05) is 0 Å². The molecule has 1 heteroatoms. The van der Waals surface area contributed by atoms with Gasteiger partial charge < -0.3 is 4.74 Å².